The minimum Gasteiger partial charge on any atom is -0.328 e. The molecule has 2 atom stereocenters. The van der Waals surface area contributed by atoms with Gasteiger partial charge in [-0.25, -0.2) is 4.98 Å². The Hall–Kier alpha value is -1.06. The number of benzene rings is 1. The van der Waals surface area contributed by atoms with Gasteiger partial charge in [-0.3, -0.25) is 0 Å². The number of hydrogen-bond donors (Lipinski definition) is 1. The predicted molar refractivity (Wildman–Crippen MR) is 75.0 cm³/mol. The predicted octanol–water partition coefficient (Wildman–Crippen LogP) is 3.30. The minimum atomic E-state index is 0.329. The molecule has 18 heavy (non-hydrogen) atoms. The zero-order valence-corrected chi connectivity index (χ0v) is 11.3. The molecule has 0 radical (unpaired) electrons. The number of halogens is 1. The first-order valence-electron chi connectivity index (χ1n) is 6.61. The van der Waals surface area contributed by atoms with Gasteiger partial charge in [-0.2, -0.15) is 0 Å². The van der Waals surface area contributed by atoms with E-state index in [0.717, 1.165) is 47.7 Å². The molecular weight excluding hydrogens is 246 g/mol. The highest BCUT2D eigenvalue weighted by atomic mass is 35.5. The molecule has 1 aliphatic carbocycles. The Balaban J connectivity index is 2.14. The molecule has 3 nitrogen and oxygen atoms in total. The van der Waals surface area contributed by atoms with Gasteiger partial charge in [0.05, 0.1) is 16.1 Å². The molecule has 1 heterocycles. The number of nitrogens with two attached hydrogens (primary N) is 1. The maximum absolute atomic E-state index is 6.30. The zero-order chi connectivity index (χ0) is 12.7. The van der Waals surface area contributed by atoms with Crippen LogP contribution in [0.15, 0.2) is 18.2 Å². The van der Waals surface area contributed by atoms with E-state index < -0.39 is 0 Å². The lowest BCUT2D eigenvalue weighted by molar-refractivity contribution is 0.598. The average Bonchev–Trinajstić information content (AvgIpc) is 2.92. The normalized spacial score (nSPS) is 23.9. The lowest BCUT2D eigenvalue weighted by Crippen LogP contribution is -2.15. The van der Waals surface area contributed by atoms with E-state index in [1.165, 1.54) is 0 Å². The highest BCUT2D eigenvalue weighted by molar-refractivity contribution is 6.35. The standard InChI is InChI=1S/C14H18ClN3/c1-2-18-13-11(15)4-3-5-12(13)17-14(18)9-6-7-10(16)8-9/h3-5,9-10H,2,6-8,16H2,1H3/t9-,10+/m1/s1. The molecule has 1 aliphatic rings. The maximum atomic E-state index is 6.30. The Morgan fingerprint density at radius 3 is 2.94 bits per heavy atom. The number of hydrogen-bond acceptors (Lipinski definition) is 2. The van der Waals surface area contributed by atoms with Crippen LogP contribution >= 0.6 is 11.6 Å². The summed E-state index contributed by atoms with van der Waals surface area (Å²) in [6.07, 6.45) is 3.29. The van der Waals surface area contributed by atoms with Gasteiger partial charge in [0.25, 0.3) is 0 Å². The van der Waals surface area contributed by atoms with E-state index in [0.29, 0.717) is 12.0 Å². The number of para-hydroxylation sites is 1. The van der Waals surface area contributed by atoms with Crippen molar-refractivity contribution >= 4 is 22.6 Å². The van der Waals surface area contributed by atoms with E-state index in [1.54, 1.807) is 0 Å². The van der Waals surface area contributed by atoms with Crippen LogP contribution in [0.2, 0.25) is 5.02 Å². The first-order valence-corrected chi connectivity index (χ1v) is 6.98. The molecule has 0 saturated heterocycles. The molecule has 2 N–H and O–H groups in total. The van der Waals surface area contributed by atoms with Gasteiger partial charge in [-0.1, -0.05) is 17.7 Å². The van der Waals surface area contributed by atoms with Gasteiger partial charge in [-0.05, 0) is 38.3 Å². The van der Waals surface area contributed by atoms with Crippen molar-refractivity contribution in [1.82, 2.24) is 9.55 Å². The van der Waals surface area contributed by atoms with Crippen molar-refractivity contribution in [2.24, 2.45) is 5.73 Å². The van der Waals surface area contributed by atoms with Gasteiger partial charge in [0, 0.05) is 18.5 Å². The second kappa shape index (κ2) is 4.56. The fraction of sp³-hybridized carbons (Fsp3) is 0.500. The molecule has 3 rings (SSSR count). The molecule has 1 fully saturated rings. The van der Waals surface area contributed by atoms with Crippen LogP contribution in [-0.2, 0) is 6.54 Å². The monoisotopic (exact) mass is 263 g/mol. The number of fused-ring (bicyclic) bond motifs is 1. The van der Waals surface area contributed by atoms with E-state index >= 15 is 0 Å². The molecule has 0 spiro atoms. The molecule has 96 valence electrons. The Labute approximate surface area is 112 Å². The van der Waals surface area contributed by atoms with Crippen LogP contribution in [0.25, 0.3) is 11.0 Å². The molecule has 1 saturated carbocycles. The Kier molecular flexibility index (Phi) is 3.04. The summed E-state index contributed by atoms with van der Waals surface area (Å²) in [7, 11) is 0. The molecular formula is C14H18ClN3. The summed E-state index contributed by atoms with van der Waals surface area (Å²) < 4.78 is 2.25. The van der Waals surface area contributed by atoms with E-state index in [-0.39, 0.29) is 0 Å². The molecule has 0 amide bonds. The number of aromatic nitrogens is 2. The molecule has 0 bridgehead atoms. The lowest BCUT2D eigenvalue weighted by Gasteiger charge is -2.12. The van der Waals surface area contributed by atoms with Gasteiger partial charge in [0.1, 0.15) is 5.82 Å². The molecule has 4 heteroatoms. The van der Waals surface area contributed by atoms with Crippen molar-refractivity contribution in [3.05, 3.63) is 29.0 Å². The maximum Gasteiger partial charge on any atom is 0.113 e. The summed E-state index contributed by atoms with van der Waals surface area (Å²) in [6, 6.07) is 6.26. The summed E-state index contributed by atoms with van der Waals surface area (Å²) in [4.78, 5) is 4.78. The molecule has 2 aromatic rings. The van der Waals surface area contributed by atoms with Gasteiger partial charge in [0.2, 0.25) is 0 Å². The van der Waals surface area contributed by atoms with Crippen LogP contribution in [0, 0.1) is 0 Å². The number of rotatable bonds is 2. The second-order valence-electron chi connectivity index (χ2n) is 5.09. The average molecular weight is 264 g/mol. The first kappa shape index (κ1) is 12.0. The number of imidazole rings is 1. The first-order chi connectivity index (χ1) is 8.70. The van der Waals surface area contributed by atoms with Gasteiger partial charge < -0.3 is 10.3 Å². The summed E-state index contributed by atoms with van der Waals surface area (Å²) in [5.41, 5.74) is 8.08. The van der Waals surface area contributed by atoms with Crippen molar-refractivity contribution in [1.29, 1.82) is 0 Å². The van der Waals surface area contributed by atoms with E-state index in [1.807, 2.05) is 18.2 Å². The van der Waals surface area contributed by atoms with Gasteiger partial charge in [-0.15, -0.1) is 0 Å². The number of aryl methyl sites for hydroxylation is 1. The third kappa shape index (κ3) is 1.82. The van der Waals surface area contributed by atoms with Crippen molar-refractivity contribution in [2.75, 3.05) is 0 Å². The SMILES string of the molecule is CCn1c([C@@H]2CC[C@H](N)C2)nc2cccc(Cl)c21. The van der Waals surface area contributed by atoms with Gasteiger partial charge in [0.15, 0.2) is 0 Å². The highest BCUT2D eigenvalue weighted by Crippen LogP contribution is 2.36. The summed E-state index contributed by atoms with van der Waals surface area (Å²) >= 11 is 6.30. The fourth-order valence-electron chi connectivity index (χ4n) is 3.04. The van der Waals surface area contributed by atoms with Crippen LogP contribution in [0.4, 0.5) is 0 Å². The molecule has 1 aromatic carbocycles. The van der Waals surface area contributed by atoms with Crippen molar-refractivity contribution in [3.63, 3.8) is 0 Å². The van der Waals surface area contributed by atoms with Crippen LogP contribution in [-0.4, -0.2) is 15.6 Å². The van der Waals surface area contributed by atoms with Crippen LogP contribution in [0.5, 0.6) is 0 Å². The molecule has 0 aliphatic heterocycles. The second-order valence-corrected chi connectivity index (χ2v) is 5.50. The van der Waals surface area contributed by atoms with Crippen molar-refractivity contribution in [2.45, 2.75) is 44.7 Å². The fourth-order valence-corrected chi connectivity index (χ4v) is 3.31. The quantitative estimate of drug-likeness (QED) is 0.903. The van der Waals surface area contributed by atoms with Crippen LogP contribution in [0.1, 0.15) is 37.9 Å². The molecule has 0 unspecified atom stereocenters. The Bertz CT molecular complexity index is 576. The Morgan fingerprint density at radius 1 is 1.44 bits per heavy atom. The number of nitrogens with zero attached hydrogens (tertiary/aromatic N) is 2. The smallest absolute Gasteiger partial charge is 0.113 e. The minimum absolute atomic E-state index is 0.329. The van der Waals surface area contributed by atoms with E-state index in [9.17, 15) is 0 Å². The van der Waals surface area contributed by atoms with Crippen molar-refractivity contribution in [3.8, 4) is 0 Å². The van der Waals surface area contributed by atoms with Gasteiger partial charge >= 0.3 is 0 Å². The highest BCUT2D eigenvalue weighted by Gasteiger charge is 2.27. The van der Waals surface area contributed by atoms with Crippen molar-refractivity contribution < 1.29 is 0 Å². The van der Waals surface area contributed by atoms with E-state index in [4.69, 9.17) is 22.3 Å². The van der Waals surface area contributed by atoms with Crippen LogP contribution < -0.4 is 5.73 Å². The summed E-state index contributed by atoms with van der Waals surface area (Å²) in [5.74, 6) is 1.65. The Morgan fingerprint density at radius 2 is 2.28 bits per heavy atom. The third-order valence-corrected chi connectivity index (χ3v) is 4.21. The molecule has 1 aromatic heterocycles. The summed E-state index contributed by atoms with van der Waals surface area (Å²) in [6.45, 7) is 3.05. The lowest BCUT2D eigenvalue weighted by atomic mass is 10.1. The summed E-state index contributed by atoms with van der Waals surface area (Å²) in [5, 5.41) is 0.787. The third-order valence-electron chi connectivity index (χ3n) is 3.90. The van der Waals surface area contributed by atoms with E-state index in [2.05, 4.69) is 11.5 Å². The topological polar surface area (TPSA) is 43.8 Å². The zero-order valence-electron chi connectivity index (χ0n) is 10.6. The van der Waals surface area contributed by atoms with Crippen LogP contribution in [0.3, 0.4) is 0 Å². The largest absolute Gasteiger partial charge is 0.328 e.